The van der Waals surface area contributed by atoms with E-state index in [0.29, 0.717) is 32.1 Å². The van der Waals surface area contributed by atoms with E-state index in [1.807, 2.05) is 4.90 Å². The molecule has 0 amide bonds. The largest absolute Gasteiger partial charge is 0.387 e. The van der Waals surface area contributed by atoms with Crippen molar-refractivity contribution < 1.29 is 19.7 Å². The molecule has 2 aliphatic heterocycles. The van der Waals surface area contributed by atoms with Crippen LogP contribution in [0.4, 0.5) is 5.82 Å². The molecule has 22 heavy (non-hydrogen) atoms. The summed E-state index contributed by atoms with van der Waals surface area (Å²) < 4.78 is 11.9. The second-order valence-corrected chi connectivity index (χ2v) is 5.36. The van der Waals surface area contributed by atoms with Crippen LogP contribution in [0.5, 0.6) is 0 Å². The molecule has 4 atom stereocenters. The number of nitrogens with two attached hydrogens (primary N) is 1. The van der Waals surface area contributed by atoms with Gasteiger partial charge in [-0.1, -0.05) is 0 Å². The summed E-state index contributed by atoms with van der Waals surface area (Å²) in [5.41, 5.74) is 4.93. The van der Waals surface area contributed by atoms with Crippen molar-refractivity contribution in [1.29, 1.82) is 0 Å². The van der Waals surface area contributed by atoms with Gasteiger partial charge >= 0.3 is 5.69 Å². The Morgan fingerprint density at radius 3 is 2.64 bits per heavy atom. The van der Waals surface area contributed by atoms with E-state index in [2.05, 4.69) is 4.98 Å². The molecule has 0 saturated carbocycles. The normalized spacial score (nSPS) is 32.4. The van der Waals surface area contributed by atoms with E-state index in [1.54, 1.807) is 6.07 Å². The van der Waals surface area contributed by atoms with Gasteiger partial charge in [0.25, 0.3) is 0 Å². The molecule has 2 saturated heterocycles. The van der Waals surface area contributed by atoms with Crippen molar-refractivity contribution in [2.24, 2.45) is 5.73 Å². The Hall–Kier alpha value is -1.52. The van der Waals surface area contributed by atoms with E-state index >= 15 is 0 Å². The topological polar surface area (TPSA) is 123 Å². The number of rotatable bonds is 3. The number of nitrogens with zero attached hydrogens (tertiary/aromatic N) is 3. The second-order valence-electron chi connectivity index (χ2n) is 5.36. The quantitative estimate of drug-likeness (QED) is 0.567. The lowest BCUT2D eigenvalue weighted by Crippen LogP contribution is -2.40. The molecule has 1 aromatic heterocycles. The fourth-order valence-corrected chi connectivity index (χ4v) is 2.72. The summed E-state index contributed by atoms with van der Waals surface area (Å²) in [6.45, 7) is 2.60. The van der Waals surface area contributed by atoms with Gasteiger partial charge in [-0.15, -0.1) is 0 Å². The molecule has 0 aliphatic carbocycles. The Balaban J connectivity index is 1.82. The predicted octanol–water partition coefficient (Wildman–Crippen LogP) is -2.34. The van der Waals surface area contributed by atoms with Gasteiger partial charge in [0.05, 0.1) is 13.2 Å². The molecular weight excluding hydrogens is 292 g/mol. The molecule has 9 heteroatoms. The van der Waals surface area contributed by atoms with Crippen LogP contribution in [0.2, 0.25) is 0 Å². The Morgan fingerprint density at radius 1 is 1.32 bits per heavy atom. The SMILES string of the molecule is NC[C@H]1O[C@@H](n2ccc(N3CCOCC3)nc2=O)C(O)[C@H]1O. The molecule has 1 aromatic rings. The molecule has 2 fully saturated rings. The maximum atomic E-state index is 12.2. The van der Waals surface area contributed by atoms with Crippen LogP contribution in [0.15, 0.2) is 17.1 Å². The highest BCUT2D eigenvalue weighted by molar-refractivity contribution is 5.36. The van der Waals surface area contributed by atoms with E-state index in [0.717, 1.165) is 0 Å². The second kappa shape index (κ2) is 6.31. The van der Waals surface area contributed by atoms with E-state index in [-0.39, 0.29) is 6.54 Å². The molecule has 1 unspecified atom stereocenters. The van der Waals surface area contributed by atoms with Crippen LogP contribution in [-0.4, -0.2) is 70.9 Å². The number of anilines is 1. The first-order chi connectivity index (χ1) is 10.6. The summed E-state index contributed by atoms with van der Waals surface area (Å²) in [7, 11) is 0. The molecule has 0 radical (unpaired) electrons. The maximum absolute atomic E-state index is 12.2. The number of aliphatic hydroxyl groups is 2. The fraction of sp³-hybridized carbons (Fsp3) is 0.692. The zero-order valence-corrected chi connectivity index (χ0v) is 12.0. The Bertz CT molecular complexity index is 574. The van der Waals surface area contributed by atoms with E-state index in [1.165, 1.54) is 10.8 Å². The molecule has 0 aromatic carbocycles. The van der Waals surface area contributed by atoms with Gasteiger partial charge in [-0.3, -0.25) is 4.57 Å². The highest BCUT2D eigenvalue weighted by Crippen LogP contribution is 2.28. The van der Waals surface area contributed by atoms with Gasteiger partial charge in [0, 0.05) is 25.8 Å². The molecule has 0 spiro atoms. The first-order valence-corrected chi connectivity index (χ1v) is 7.25. The molecule has 9 nitrogen and oxygen atoms in total. The van der Waals surface area contributed by atoms with Gasteiger partial charge in [0.1, 0.15) is 24.1 Å². The van der Waals surface area contributed by atoms with Crippen molar-refractivity contribution in [3.05, 3.63) is 22.7 Å². The lowest BCUT2D eigenvalue weighted by Gasteiger charge is -2.28. The average Bonchev–Trinajstić information content (AvgIpc) is 2.83. The number of ether oxygens (including phenoxy) is 2. The predicted molar refractivity (Wildman–Crippen MR) is 76.5 cm³/mol. The highest BCUT2D eigenvalue weighted by Gasteiger charge is 2.43. The number of aromatic nitrogens is 2. The van der Waals surface area contributed by atoms with Crippen LogP contribution in [0.25, 0.3) is 0 Å². The van der Waals surface area contributed by atoms with Crippen molar-refractivity contribution in [3.8, 4) is 0 Å². The minimum Gasteiger partial charge on any atom is -0.387 e. The average molecular weight is 312 g/mol. The number of hydrogen-bond donors (Lipinski definition) is 3. The minimum absolute atomic E-state index is 0.0583. The molecule has 3 heterocycles. The van der Waals surface area contributed by atoms with Crippen LogP contribution in [-0.2, 0) is 9.47 Å². The standard InChI is InChI=1S/C13H20N4O5/c14-7-8-10(18)11(19)12(22-8)17-2-1-9(15-13(17)20)16-3-5-21-6-4-16/h1-2,8,10-12,18-19H,3-7,14H2/t8-,10+,11?,12-/m1/s1. The number of aliphatic hydroxyl groups excluding tert-OH is 2. The minimum atomic E-state index is -1.22. The zero-order valence-electron chi connectivity index (χ0n) is 12.0. The number of hydrogen-bond acceptors (Lipinski definition) is 8. The van der Waals surface area contributed by atoms with Crippen molar-refractivity contribution in [1.82, 2.24) is 9.55 Å². The third-order valence-corrected chi connectivity index (χ3v) is 3.99. The molecular formula is C13H20N4O5. The zero-order chi connectivity index (χ0) is 15.7. The summed E-state index contributed by atoms with van der Waals surface area (Å²) >= 11 is 0. The third-order valence-electron chi connectivity index (χ3n) is 3.99. The maximum Gasteiger partial charge on any atom is 0.351 e. The lowest BCUT2D eigenvalue weighted by atomic mass is 10.1. The summed E-state index contributed by atoms with van der Waals surface area (Å²) in [6.07, 6.45) is -2.52. The Morgan fingerprint density at radius 2 is 2.05 bits per heavy atom. The van der Waals surface area contributed by atoms with Crippen LogP contribution < -0.4 is 16.3 Å². The monoisotopic (exact) mass is 312 g/mol. The molecule has 3 rings (SSSR count). The van der Waals surface area contributed by atoms with E-state index in [9.17, 15) is 15.0 Å². The van der Waals surface area contributed by atoms with Gasteiger partial charge in [-0.25, -0.2) is 4.79 Å². The van der Waals surface area contributed by atoms with E-state index in [4.69, 9.17) is 15.2 Å². The summed E-state index contributed by atoms with van der Waals surface area (Å²) in [4.78, 5) is 18.2. The van der Waals surface area contributed by atoms with Gasteiger partial charge in [-0.05, 0) is 6.07 Å². The van der Waals surface area contributed by atoms with Crippen LogP contribution >= 0.6 is 0 Å². The van der Waals surface area contributed by atoms with Crippen molar-refractivity contribution in [2.45, 2.75) is 24.5 Å². The van der Waals surface area contributed by atoms with Crippen molar-refractivity contribution in [3.63, 3.8) is 0 Å². The molecule has 4 N–H and O–H groups in total. The van der Waals surface area contributed by atoms with Gasteiger partial charge in [-0.2, -0.15) is 4.98 Å². The van der Waals surface area contributed by atoms with Crippen LogP contribution in [0.1, 0.15) is 6.23 Å². The lowest BCUT2D eigenvalue weighted by molar-refractivity contribution is -0.0371. The third kappa shape index (κ3) is 2.73. The van der Waals surface area contributed by atoms with Crippen molar-refractivity contribution in [2.75, 3.05) is 37.7 Å². The number of morpholine rings is 1. The van der Waals surface area contributed by atoms with Gasteiger partial charge < -0.3 is 30.3 Å². The van der Waals surface area contributed by atoms with Crippen LogP contribution in [0.3, 0.4) is 0 Å². The Labute approximate surface area is 126 Å². The molecule has 122 valence electrons. The van der Waals surface area contributed by atoms with Crippen LogP contribution in [0, 0.1) is 0 Å². The summed E-state index contributed by atoms with van der Waals surface area (Å²) in [6, 6.07) is 1.69. The van der Waals surface area contributed by atoms with Gasteiger partial charge in [0.15, 0.2) is 6.23 Å². The van der Waals surface area contributed by atoms with Crippen molar-refractivity contribution >= 4 is 5.82 Å². The first kappa shape index (κ1) is 15.4. The molecule has 2 aliphatic rings. The smallest absolute Gasteiger partial charge is 0.351 e. The fourth-order valence-electron chi connectivity index (χ4n) is 2.72. The van der Waals surface area contributed by atoms with Gasteiger partial charge in [0.2, 0.25) is 0 Å². The first-order valence-electron chi connectivity index (χ1n) is 7.25. The Kier molecular flexibility index (Phi) is 4.41. The highest BCUT2D eigenvalue weighted by atomic mass is 16.6. The summed E-state index contributed by atoms with van der Waals surface area (Å²) in [5, 5.41) is 19.8. The summed E-state index contributed by atoms with van der Waals surface area (Å²) in [5.74, 6) is 0.563. The van der Waals surface area contributed by atoms with E-state index < -0.39 is 30.2 Å². The molecule has 0 bridgehead atoms.